The lowest BCUT2D eigenvalue weighted by molar-refractivity contribution is 0.0757. The van der Waals surface area contributed by atoms with E-state index >= 15 is 0 Å². The van der Waals surface area contributed by atoms with E-state index in [2.05, 4.69) is 42.4 Å². The number of rotatable bonds is 11. The molecule has 2 rings (SSSR count). The van der Waals surface area contributed by atoms with E-state index in [-0.39, 0.29) is 12.0 Å². The Labute approximate surface area is 185 Å². The number of nitrogens with zero attached hydrogens (tertiary/aromatic N) is 1. The minimum Gasteiger partial charge on any atom is -0.379 e. The lowest BCUT2D eigenvalue weighted by atomic mass is 10.0. The van der Waals surface area contributed by atoms with Crippen LogP contribution in [-0.4, -0.2) is 37.9 Å². The molecular formula is C25H34N2O2S. The van der Waals surface area contributed by atoms with Gasteiger partial charge < -0.3 is 10.1 Å². The Morgan fingerprint density at radius 2 is 1.90 bits per heavy atom. The van der Waals surface area contributed by atoms with E-state index in [0.717, 1.165) is 29.9 Å². The number of nitrogens with one attached hydrogen (secondary N) is 1. The molecule has 2 aromatic carbocycles. The van der Waals surface area contributed by atoms with Gasteiger partial charge in [-0.15, -0.1) is 0 Å². The lowest BCUT2D eigenvalue weighted by Gasteiger charge is -2.14. The Bertz CT molecular complexity index is 845. The van der Waals surface area contributed by atoms with Crippen molar-refractivity contribution in [1.82, 2.24) is 5.32 Å². The average Bonchev–Trinajstić information content (AvgIpc) is 2.73. The standard InChI is InChI=1S/C25H34N2O2S/c1-6-9-23(26-5)22-11-7-10-19(4)24(22)30-21-14-12-20(13-15-21)25(28)27-16-8-17-29-18(2)3/h7,10-15,18H,6,8-9,16-17H2,1-5H3,(H,27,28). The molecule has 5 heteroatoms. The van der Waals surface area contributed by atoms with Crippen molar-refractivity contribution in [2.75, 3.05) is 20.2 Å². The minimum absolute atomic E-state index is 0.0453. The molecule has 0 atom stereocenters. The lowest BCUT2D eigenvalue weighted by Crippen LogP contribution is -2.25. The molecule has 0 spiro atoms. The Morgan fingerprint density at radius 3 is 2.53 bits per heavy atom. The zero-order valence-corrected chi connectivity index (χ0v) is 19.6. The number of aryl methyl sites for hydroxylation is 1. The first-order chi connectivity index (χ1) is 14.5. The van der Waals surface area contributed by atoms with Crippen molar-refractivity contribution in [3.05, 3.63) is 59.2 Å². The SMILES string of the molecule is CCCC(=NC)c1cccc(C)c1Sc1ccc(C(=O)NCCCOC(C)C)cc1. The summed E-state index contributed by atoms with van der Waals surface area (Å²) >= 11 is 1.73. The number of aliphatic imine (C=N–C) groups is 1. The summed E-state index contributed by atoms with van der Waals surface area (Å²) < 4.78 is 5.50. The van der Waals surface area contributed by atoms with Crippen molar-refractivity contribution in [3.8, 4) is 0 Å². The molecule has 1 amide bonds. The second kappa shape index (κ2) is 12.6. The van der Waals surface area contributed by atoms with E-state index in [0.29, 0.717) is 18.7 Å². The Balaban J connectivity index is 2.03. The van der Waals surface area contributed by atoms with Crippen LogP contribution in [-0.2, 0) is 4.74 Å². The second-order valence-electron chi connectivity index (χ2n) is 7.53. The van der Waals surface area contributed by atoms with Gasteiger partial charge in [-0.3, -0.25) is 9.79 Å². The Morgan fingerprint density at radius 1 is 1.17 bits per heavy atom. The van der Waals surface area contributed by atoms with Gasteiger partial charge in [0.05, 0.1) is 6.10 Å². The van der Waals surface area contributed by atoms with Crippen molar-refractivity contribution < 1.29 is 9.53 Å². The van der Waals surface area contributed by atoms with Gasteiger partial charge in [-0.1, -0.05) is 43.3 Å². The summed E-state index contributed by atoms with van der Waals surface area (Å²) in [6.45, 7) is 9.61. The highest BCUT2D eigenvalue weighted by atomic mass is 32.2. The van der Waals surface area contributed by atoms with Gasteiger partial charge in [0.1, 0.15) is 0 Å². The fourth-order valence-corrected chi connectivity index (χ4v) is 4.14. The summed E-state index contributed by atoms with van der Waals surface area (Å²) in [6, 6.07) is 14.2. The summed E-state index contributed by atoms with van der Waals surface area (Å²) in [5.74, 6) is -0.0453. The van der Waals surface area contributed by atoms with Crippen molar-refractivity contribution in [3.63, 3.8) is 0 Å². The van der Waals surface area contributed by atoms with Crippen LogP contribution in [0.5, 0.6) is 0 Å². The molecule has 1 N–H and O–H groups in total. The molecule has 0 saturated heterocycles. The molecule has 30 heavy (non-hydrogen) atoms. The maximum absolute atomic E-state index is 12.3. The van der Waals surface area contributed by atoms with Crippen LogP contribution in [0.2, 0.25) is 0 Å². The molecule has 0 unspecified atom stereocenters. The predicted molar refractivity (Wildman–Crippen MR) is 127 cm³/mol. The van der Waals surface area contributed by atoms with Gasteiger partial charge in [-0.25, -0.2) is 0 Å². The summed E-state index contributed by atoms with van der Waals surface area (Å²) in [5.41, 5.74) is 4.26. The zero-order valence-electron chi connectivity index (χ0n) is 18.8. The van der Waals surface area contributed by atoms with Crippen LogP contribution in [0.3, 0.4) is 0 Å². The molecule has 4 nitrogen and oxygen atoms in total. The highest BCUT2D eigenvalue weighted by Gasteiger charge is 2.13. The summed E-state index contributed by atoms with van der Waals surface area (Å²) in [7, 11) is 1.87. The van der Waals surface area contributed by atoms with Crippen molar-refractivity contribution >= 4 is 23.4 Å². The summed E-state index contributed by atoms with van der Waals surface area (Å²) in [6.07, 6.45) is 3.07. The van der Waals surface area contributed by atoms with Crippen LogP contribution in [0.1, 0.15) is 61.5 Å². The number of carbonyl (C=O) groups excluding carboxylic acids is 1. The minimum atomic E-state index is -0.0453. The number of hydrogen-bond donors (Lipinski definition) is 1. The Hall–Kier alpha value is -2.11. The highest BCUT2D eigenvalue weighted by molar-refractivity contribution is 7.99. The van der Waals surface area contributed by atoms with E-state index in [4.69, 9.17) is 4.74 Å². The van der Waals surface area contributed by atoms with E-state index in [9.17, 15) is 4.79 Å². The third-order valence-electron chi connectivity index (χ3n) is 4.67. The molecule has 2 aromatic rings. The smallest absolute Gasteiger partial charge is 0.251 e. The zero-order chi connectivity index (χ0) is 21.9. The molecule has 0 fully saturated rings. The molecular weight excluding hydrogens is 392 g/mol. The second-order valence-corrected chi connectivity index (χ2v) is 8.61. The van der Waals surface area contributed by atoms with Gasteiger partial charge in [0, 0.05) is 46.8 Å². The largest absolute Gasteiger partial charge is 0.379 e. The van der Waals surface area contributed by atoms with Gasteiger partial charge in [0.25, 0.3) is 5.91 Å². The normalized spacial score (nSPS) is 11.7. The van der Waals surface area contributed by atoms with Gasteiger partial charge >= 0.3 is 0 Å². The van der Waals surface area contributed by atoms with Crippen LogP contribution >= 0.6 is 11.8 Å². The third-order valence-corrected chi connectivity index (χ3v) is 5.93. The van der Waals surface area contributed by atoms with Crippen LogP contribution in [0.15, 0.2) is 57.2 Å². The Kier molecular flexibility index (Phi) is 10.1. The monoisotopic (exact) mass is 426 g/mol. The highest BCUT2D eigenvalue weighted by Crippen LogP contribution is 2.34. The molecule has 0 saturated carbocycles. The fourth-order valence-electron chi connectivity index (χ4n) is 3.11. The molecule has 0 aromatic heterocycles. The number of amides is 1. The van der Waals surface area contributed by atoms with E-state index in [1.807, 2.05) is 45.2 Å². The molecule has 0 heterocycles. The molecule has 162 valence electrons. The van der Waals surface area contributed by atoms with Crippen molar-refractivity contribution in [1.29, 1.82) is 0 Å². The first kappa shape index (κ1) is 24.2. The van der Waals surface area contributed by atoms with E-state index in [1.165, 1.54) is 16.0 Å². The number of ether oxygens (including phenoxy) is 1. The maximum Gasteiger partial charge on any atom is 0.251 e. The van der Waals surface area contributed by atoms with Gasteiger partial charge in [-0.2, -0.15) is 0 Å². The number of hydrogen-bond acceptors (Lipinski definition) is 4. The van der Waals surface area contributed by atoms with Gasteiger partial charge in [-0.05, 0) is 63.4 Å². The first-order valence-corrected chi connectivity index (χ1v) is 11.5. The molecule has 0 bridgehead atoms. The topological polar surface area (TPSA) is 50.7 Å². The summed E-state index contributed by atoms with van der Waals surface area (Å²) in [4.78, 5) is 19.2. The number of carbonyl (C=O) groups is 1. The average molecular weight is 427 g/mol. The van der Waals surface area contributed by atoms with E-state index in [1.54, 1.807) is 11.8 Å². The van der Waals surface area contributed by atoms with E-state index < -0.39 is 0 Å². The summed E-state index contributed by atoms with van der Waals surface area (Å²) in [5, 5.41) is 2.96. The molecule has 0 aliphatic rings. The van der Waals surface area contributed by atoms with Crippen LogP contribution < -0.4 is 5.32 Å². The quantitative estimate of drug-likeness (QED) is 0.359. The van der Waals surface area contributed by atoms with Crippen LogP contribution in [0.4, 0.5) is 0 Å². The fraction of sp³-hybridized carbons (Fsp3) is 0.440. The predicted octanol–water partition coefficient (Wildman–Crippen LogP) is 5.91. The van der Waals surface area contributed by atoms with Gasteiger partial charge in [0.2, 0.25) is 0 Å². The van der Waals surface area contributed by atoms with Gasteiger partial charge in [0.15, 0.2) is 0 Å². The number of benzene rings is 2. The molecule has 0 aliphatic carbocycles. The van der Waals surface area contributed by atoms with Crippen LogP contribution in [0.25, 0.3) is 0 Å². The van der Waals surface area contributed by atoms with Crippen molar-refractivity contribution in [2.45, 2.75) is 62.9 Å². The van der Waals surface area contributed by atoms with Crippen molar-refractivity contribution in [2.24, 2.45) is 4.99 Å². The third kappa shape index (κ3) is 7.29. The first-order valence-electron chi connectivity index (χ1n) is 10.7. The van der Waals surface area contributed by atoms with Crippen LogP contribution in [0, 0.1) is 6.92 Å². The molecule has 0 radical (unpaired) electrons. The molecule has 0 aliphatic heterocycles. The maximum atomic E-state index is 12.3.